The normalized spacial score (nSPS) is 15.0. The van der Waals surface area contributed by atoms with Crippen molar-refractivity contribution in [2.75, 3.05) is 28.1 Å². The number of nitrogens with one attached hydrogen (secondary N) is 1. The van der Waals surface area contributed by atoms with E-state index in [1.165, 1.54) is 22.7 Å². The molecule has 0 spiro atoms. The molecule has 1 amide bonds. The average Bonchev–Trinajstić information content (AvgIpc) is 3.58. The van der Waals surface area contributed by atoms with E-state index in [9.17, 15) is 23.3 Å². The molecule has 7 rings (SSSR count). The number of carbonyl (C=O) groups is 2. The molecule has 3 heterocycles. The fourth-order valence-electron chi connectivity index (χ4n) is 7.27. The summed E-state index contributed by atoms with van der Waals surface area (Å²) in [7, 11) is -2.25. The first-order valence-corrected chi connectivity index (χ1v) is 20.4. The number of aromatic nitrogens is 2. The third-order valence-corrected chi connectivity index (χ3v) is 13.2. The van der Waals surface area contributed by atoms with E-state index < -0.39 is 26.8 Å². The Morgan fingerprint density at radius 2 is 1.72 bits per heavy atom. The first-order chi connectivity index (χ1) is 25.8. The highest BCUT2D eigenvalue weighted by Crippen LogP contribution is 2.37. The van der Waals surface area contributed by atoms with Crippen molar-refractivity contribution in [1.29, 1.82) is 5.26 Å². The summed E-state index contributed by atoms with van der Waals surface area (Å²) in [4.78, 5) is 39.0. The Kier molecular flexibility index (Phi) is 10.2. The number of sulfonamides is 1. The van der Waals surface area contributed by atoms with E-state index in [1.807, 2.05) is 41.3 Å². The van der Waals surface area contributed by atoms with Crippen molar-refractivity contribution < 1.29 is 22.7 Å². The molecule has 2 aromatic heterocycles. The van der Waals surface area contributed by atoms with E-state index >= 15 is 0 Å². The number of anilines is 3. The van der Waals surface area contributed by atoms with Gasteiger partial charge in [-0.2, -0.15) is 5.26 Å². The smallest absolute Gasteiger partial charge is 0.358 e. The number of esters is 1. The van der Waals surface area contributed by atoms with Crippen LogP contribution in [0.1, 0.15) is 90.4 Å². The number of thiazole rings is 1. The van der Waals surface area contributed by atoms with Crippen molar-refractivity contribution in [3.05, 3.63) is 101 Å². The lowest BCUT2D eigenvalue weighted by molar-refractivity contribution is 0.00637. The van der Waals surface area contributed by atoms with Crippen LogP contribution in [0.5, 0.6) is 0 Å². The summed E-state index contributed by atoms with van der Waals surface area (Å²) in [5, 5.41) is 13.5. The number of amides is 1. The van der Waals surface area contributed by atoms with Crippen LogP contribution in [0.3, 0.4) is 0 Å². The van der Waals surface area contributed by atoms with Crippen LogP contribution in [0.25, 0.3) is 21.3 Å². The Morgan fingerprint density at radius 3 is 2.46 bits per heavy atom. The van der Waals surface area contributed by atoms with Gasteiger partial charge in [-0.1, -0.05) is 67.0 Å². The van der Waals surface area contributed by atoms with Gasteiger partial charge < -0.3 is 9.64 Å². The standard InChI is InChI=1S/C41H42N6O5S2/c1-41(2,3)52-39(49)37-29(28-15-11-18-34(31(28)24-42)46(4)54(50,51)27-13-6-5-7-14-27)20-21-36(44-37)47-23-22-26-12-10-16-30(32(26)25-47)38(48)45-40-43-33-17-8-9-19-35(33)53-40/h8-12,15-21,27H,5-7,13-14,22-23,25H2,1-4H3,(H,43,45,48). The van der Waals surface area contributed by atoms with E-state index in [-0.39, 0.29) is 22.9 Å². The Labute approximate surface area is 319 Å². The van der Waals surface area contributed by atoms with Crippen LogP contribution in [-0.4, -0.2) is 54.7 Å². The largest absolute Gasteiger partial charge is 0.455 e. The fourth-order valence-corrected chi connectivity index (χ4v) is 9.94. The Hall–Kier alpha value is -5.32. The van der Waals surface area contributed by atoms with Crippen LogP contribution < -0.4 is 14.5 Å². The molecule has 1 fully saturated rings. The fraction of sp³-hybridized carbons (Fsp3) is 0.341. The van der Waals surface area contributed by atoms with Crippen LogP contribution in [0.2, 0.25) is 0 Å². The third kappa shape index (κ3) is 7.41. The molecule has 0 radical (unpaired) electrons. The van der Waals surface area contributed by atoms with Gasteiger partial charge in [-0.05, 0) is 87.6 Å². The van der Waals surface area contributed by atoms with Crippen molar-refractivity contribution in [2.45, 2.75) is 76.7 Å². The second-order valence-electron chi connectivity index (χ2n) is 14.7. The summed E-state index contributed by atoms with van der Waals surface area (Å²) in [6, 6.07) is 24.2. The van der Waals surface area contributed by atoms with E-state index in [4.69, 9.17) is 9.72 Å². The van der Waals surface area contributed by atoms with Gasteiger partial charge in [0.15, 0.2) is 10.8 Å². The van der Waals surface area contributed by atoms with E-state index in [0.29, 0.717) is 60.0 Å². The molecule has 0 atom stereocenters. The van der Waals surface area contributed by atoms with Crippen LogP contribution >= 0.6 is 11.3 Å². The number of hydrogen-bond donors (Lipinski definition) is 1. The quantitative estimate of drug-likeness (QED) is 0.155. The first-order valence-electron chi connectivity index (χ1n) is 18.1. The SMILES string of the molecule is CN(c1cccc(-c2ccc(N3CCc4cccc(C(=O)Nc5nc6ccccc6s5)c4C3)nc2C(=O)OC(C)(C)C)c1C#N)S(=O)(=O)C1CCCCC1. The molecule has 278 valence electrons. The molecule has 1 saturated carbocycles. The molecule has 11 nitrogen and oxygen atoms in total. The van der Waals surface area contributed by atoms with Gasteiger partial charge in [-0.25, -0.2) is 23.2 Å². The minimum Gasteiger partial charge on any atom is -0.455 e. The molecule has 1 aliphatic carbocycles. The minimum atomic E-state index is -3.74. The Bertz CT molecular complexity index is 2370. The summed E-state index contributed by atoms with van der Waals surface area (Å²) in [5.74, 6) is -0.437. The molecule has 1 N–H and O–H groups in total. The second-order valence-corrected chi connectivity index (χ2v) is 18.0. The first kappa shape index (κ1) is 37.0. The number of para-hydroxylation sites is 1. The van der Waals surface area contributed by atoms with Crippen LogP contribution in [0.4, 0.5) is 16.6 Å². The maximum atomic E-state index is 13.9. The van der Waals surface area contributed by atoms with Crippen molar-refractivity contribution in [3.8, 4) is 17.2 Å². The molecular formula is C41H42N6O5S2. The monoisotopic (exact) mass is 762 g/mol. The number of benzene rings is 3. The Morgan fingerprint density at radius 1 is 0.963 bits per heavy atom. The highest BCUT2D eigenvalue weighted by Gasteiger charge is 2.34. The van der Waals surface area contributed by atoms with Gasteiger partial charge >= 0.3 is 5.97 Å². The van der Waals surface area contributed by atoms with Gasteiger partial charge in [-0.15, -0.1) is 0 Å². The van der Waals surface area contributed by atoms with Crippen LogP contribution in [-0.2, 0) is 27.7 Å². The van der Waals surface area contributed by atoms with Gasteiger partial charge in [0.2, 0.25) is 10.0 Å². The number of fused-ring (bicyclic) bond motifs is 2. The molecule has 13 heteroatoms. The van der Waals surface area contributed by atoms with Crippen molar-refractivity contribution in [3.63, 3.8) is 0 Å². The highest BCUT2D eigenvalue weighted by molar-refractivity contribution is 7.93. The molecule has 1 aliphatic heterocycles. The van der Waals surface area contributed by atoms with E-state index in [2.05, 4.69) is 16.4 Å². The molecule has 2 aliphatic rings. The topological polar surface area (TPSA) is 146 Å². The van der Waals surface area contributed by atoms with Gasteiger partial charge in [0.25, 0.3) is 5.91 Å². The number of carbonyl (C=O) groups excluding carboxylic acids is 2. The maximum absolute atomic E-state index is 13.9. The summed E-state index contributed by atoms with van der Waals surface area (Å²) >= 11 is 1.42. The summed E-state index contributed by atoms with van der Waals surface area (Å²) < 4.78 is 35.5. The molecule has 5 aromatic rings. The van der Waals surface area contributed by atoms with E-state index in [1.54, 1.807) is 57.2 Å². The molecule has 0 bridgehead atoms. The van der Waals surface area contributed by atoms with Gasteiger partial charge in [0.05, 0.1) is 26.7 Å². The molecule has 0 unspecified atom stereocenters. The van der Waals surface area contributed by atoms with Crippen LogP contribution in [0, 0.1) is 11.3 Å². The maximum Gasteiger partial charge on any atom is 0.358 e. The zero-order valence-corrected chi connectivity index (χ0v) is 32.4. The molecule has 0 saturated heterocycles. The zero-order chi connectivity index (χ0) is 38.2. The average molecular weight is 763 g/mol. The van der Waals surface area contributed by atoms with Gasteiger partial charge in [0, 0.05) is 36.8 Å². The van der Waals surface area contributed by atoms with Gasteiger partial charge in [0.1, 0.15) is 17.5 Å². The minimum absolute atomic E-state index is 0.00141. The number of pyridine rings is 1. The summed E-state index contributed by atoms with van der Waals surface area (Å²) in [6.45, 7) is 6.25. The molecule has 3 aromatic carbocycles. The van der Waals surface area contributed by atoms with Gasteiger partial charge in [-0.3, -0.25) is 14.4 Å². The number of nitrogens with zero attached hydrogens (tertiary/aromatic N) is 5. The number of nitriles is 1. The summed E-state index contributed by atoms with van der Waals surface area (Å²) in [6.07, 6.45) is 4.52. The molecular weight excluding hydrogens is 721 g/mol. The lowest BCUT2D eigenvalue weighted by Crippen LogP contribution is -2.37. The third-order valence-electron chi connectivity index (χ3n) is 9.97. The summed E-state index contributed by atoms with van der Waals surface area (Å²) in [5.41, 5.74) is 3.50. The van der Waals surface area contributed by atoms with Crippen molar-refractivity contribution in [2.24, 2.45) is 0 Å². The lowest BCUT2D eigenvalue weighted by Gasteiger charge is -2.31. The number of hydrogen-bond acceptors (Lipinski definition) is 10. The number of ether oxygens (including phenoxy) is 1. The van der Waals surface area contributed by atoms with Crippen molar-refractivity contribution >= 4 is 60.1 Å². The second kappa shape index (κ2) is 14.8. The van der Waals surface area contributed by atoms with E-state index in [0.717, 1.165) is 40.6 Å². The molecule has 54 heavy (non-hydrogen) atoms. The van der Waals surface area contributed by atoms with Crippen LogP contribution in [0.15, 0.2) is 72.8 Å². The zero-order valence-electron chi connectivity index (χ0n) is 30.8. The highest BCUT2D eigenvalue weighted by atomic mass is 32.2. The van der Waals surface area contributed by atoms with Crippen molar-refractivity contribution in [1.82, 2.24) is 9.97 Å². The number of rotatable bonds is 8. The Balaban J connectivity index is 1.23. The predicted octanol–water partition coefficient (Wildman–Crippen LogP) is 8.10. The lowest BCUT2D eigenvalue weighted by atomic mass is 9.94. The predicted molar refractivity (Wildman–Crippen MR) is 213 cm³/mol.